The Balaban J connectivity index is 1.45. The summed E-state index contributed by atoms with van der Waals surface area (Å²) in [5.41, 5.74) is 1.91. The molecule has 1 aliphatic heterocycles. The van der Waals surface area contributed by atoms with Gasteiger partial charge in [0.25, 0.3) is 5.24 Å². The van der Waals surface area contributed by atoms with Gasteiger partial charge in [-0.1, -0.05) is 32.1 Å². The zero-order chi connectivity index (χ0) is 25.0. The first kappa shape index (κ1) is 26.0. The van der Waals surface area contributed by atoms with Crippen LogP contribution in [0.2, 0.25) is 0 Å². The van der Waals surface area contributed by atoms with Crippen molar-refractivity contribution in [2.24, 2.45) is 0 Å². The molecule has 0 aliphatic carbocycles. The minimum atomic E-state index is -0.503. The number of hydrogen-bond acceptors (Lipinski definition) is 8. The van der Waals surface area contributed by atoms with E-state index in [0.717, 1.165) is 41.5 Å². The summed E-state index contributed by atoms with van der Waals surface area (Å²) < 4.78 is 17.4. The second-order valence-corrected chi connectivity index (χ2v) is 8.81. The van der Waals surface area contributed by atoms with Gasteiger partial charge in [0.15, 0.2) is 0 Å². The normalized spacial score (nSPS) is 16.1. The van der Waals surface area contributed by atoms with Gasteiger partial charge in [0.05, 0.1) is 19.4 Å². The zero-order valence-corrected chi connectivity index (χ0v) is 20.7. The lowest BCUT2D eigenvalue weighted by Gasteiger charge is -2.12. The maximum Gasteiger partial charge on any atom is 0.286 e. The highest BCUT2D eigenvalue weighted by Gasteiger charge is 2.32. The third-order valence-corrected chi connectivity index (χ3v) is 5.97. The smallest absolute Gasteiger partial charge is 0.286 e. The Labute approximate surface area is 209 Å². The Morgan fingerprint density at radius 3 is 2.63 bits per heavy atom. The van der Waals surface area contributed by atoms with Crippen molar-refractivity contribution < 1.29 is 23.8 Å². The summed E-state index contributed by atoms with van der Waals surface area (Å²) >= 11 is 0.985. The van der Waals surface area contributed by atoms with E-state index in [4.69, 9.17) is 14.2 Å². The van der Waals surface area contributed by atoms with E-state index in [1.807, 2.05) is 13.0 Å². The first-order chi connectivity index (χ1) is 17.0. The summed E-state index contributed by atoms with van der Waals surface area (Å²) in [6, 6.07) is 7.21. The van der Waals surface area contributed by atoms with Gasteiger partial charge in [0.2, 0.25) is 11.8 Å². The van der Waals surface area contributed by atoms with Gasteiger partial charge in [-0.15, -0.1) is 0 Å². The van der Waals surface area contributed by atoms with Crippen LogP contribution in [0.3, 0.4) is 0 Å². The Morgan fingerprint density at radius 1 is 1.17 bits per heavy atom. The third-order valence-electron chi connectivity index (χ3n) is 4.93. The van der Waals surface area contributed by atoms with E-state index >= 15 is 0 Å². The number of amides is 2. The molecule has 2 heterocycles. The number of nitrogens with zero attached hydrogens (tertiary/aromatic N) is 2. The number of allylic oxidation sites excluding steroid dienone is 3. The van der Waals surface area contributed by atoms with Crippen LogP contribution in [-0.2, 0) is 9.53 Å². The van der Waals surface area contributed by atoms with Gasteiger partial charge in [-0.05, 0) is 60.5 Å². The number of hydrogen-bond donors (Lipinski definition) is 1. The van der Waals surface area contributed by atoms with Gasteiger partial charge in [-0.2, -0.15) is 0 Å². The highest BCUT2D eigenvalue weighted by Crippen LogP contribution is 2.34. The predicted octanol–water partition coefficient (Wildman–Crippen LogP) is 5.51. The highest BCUT2D eigenvalue weighted by atomic mass is 32.2. The summed E-state index contributed by atoms with van der Waals surface area (Å²) in [7, 11) is 0. The van der Waals surface area contributed by atoms with Gasteiger partial charge in [-0.3, -0.25) is 19.9 Å². The molecule has 1 N–H and O–H groups in total. The molecule has 3 rings (SSSR count). The molecule has 2 aromatic rings. The van der Waals surface area contributed by atoms with Crippen LogP contribution >= 0.6 is 11.8 Å². The molecule has 0 bridgehead atoms. The summed E-state index contributed by atoms with van der Waals surface area (Å²) in [5, 5.41) is 1.47. The van der Waals surface area contributed by atoms with Crippen LogP contribution in [0.1, 0.15) is 43.9 Å². The molecule has 0 radical (unpaired) electrons. The Morgan fingerprint density at radius 2 is 1.97 bits per heavy atom. The first-order valence-corrected chi connectivity index (χ1v) is 12.2. The van der Waals surface area contributed by atoms with Gasteiger partial charge in [0.1, 0.15) is 22.5 Å². The Bertz CT molecular complexity index is 1080. The largest absolute Gasteiger partial charge is 0.494 e. The molecule has 1 fully saturated rings. The molecular formula is C26H29N3O5S. The molecule has 9 heteroatoms. The van der Waals surface area contributed by atoms with Crippen molar-refractivity contribution in [3.63, 3.8) is 0 Å². The number of carbonyl (C=O) groups excluding carboxylic acids is 2. The number of imide groups is 1. The van der Waals surface area contributed by atoms with Crippen LogP contribution in [0.5, 0.6) is 11.6 Å². The van der Waals surface area contributed by atoms with Crippen molar-refractivity contribution in [1.29, 1.82) is 0 Å². The van der Waals surface area contributed by atoms with Crippen molar-refractivity contribution in [1.82, 2.24) is 15.3 Å². The van der Waals surface area contributed by atoms with Crippen molar-refractivity contribution >= 4 is 22.9 Å². The average Bonchev–Trinajstić information content (AvgIpc) is 3.19. The van der Waals surface area contributed by atoms with E-state index in [1.54, 1.807) is 42.7 Å². The van der Waals surface area contributed by atoms with Crippen molar-refractivity contribution in [2.45, 2.75) is 38.4 Å². The molecule has 0 spiro atoms. The van der Waals surface area contributed by atoms with Gasteiger partial charge in [-0.25, -0.2) is 4.98 Å². The van der Waals surface area contributed by atoms with Crippen LogP contribution < -0.4 is 14.8 Å². The molecule has 1 aromatic heterocycles. The quantitative estimate of drug-likeness (QED) is 0.221. The fourth-order valence-corrected chi connectivity index (χ4v) is 4.07. The monoisotopic (exact) mass is 495 g/mol. The molecular weight excluding hydrogens is 466 g/mol. The van der Waals surface area contributed by atoms with Crippen molar-refractivity contribution in [3.8, 4) is 11.6 Å². The number of nitrogens with one attached hydrogen (secondary N) is 1. The number of rotatable bonds is 13. The number of ether oxygens (including phenoxy) is 3. The zero-order valence-electron chi connectivity index (χ0n) is 19.9. The second kappa shape index (κ2) is 13.3. The van der Waals surface area contributed by atoms with Gasteiger partial charge < -0.3 is 14.2 Å². The number of benzene rings is 1. The molecule has 8 nitrogen and oxygen atoms in total. The van der Waals surface area contributed by atoms with Crippen LogP contribution in [0, 0.1) is 0 Å². The van der Waals surface area contributed by atoms with E-state index in [-0.39, 0.29) is 11.1 Å². The Hall–Kier alpha value is -3.59. The maximum absolute atomic E-state index is 11.8. The van der Waals surface area contributed by atoms with Crippen molar-refractivity contribution in [3.05, 3.63) is 84.2 Å². The van der Waals surface area contributed by atoms with E-state index in [2.05, 4.69) is 28.8 Å². The third kappa shape index (κ3) is 8.29. The van der Waals surface area contributed by atoms with Crippen LogP contribution in [0.4, 0.5) is 4.79 Å². The summed E-state index contributed by atoms with van der Waals surface area (Å²) in [5.74, 6) is 2.00. The molecule has 1 saturated heterocycles. The van der Waals surface area contributed by atoms with E-state index in [0.29, 0.717) is 37.0 Å². The molecule has 0 saturated carbocycles. The van der Waals surface area contributed by atoms with E-state index in [1.165, 1.54) is 6.20 Å². The van der Waals surface area contributed by atoms with Gasteiger partial charge in [0, 0.05) is 18.8 Å². The minimum Gasteiger partial charge on any atom is -0.494 e. The molecule has 1 aromatic carbocycles. The lowest BCUT2D eigenvalue weighted by atomic mass is 10.1. The Kier molecular flexibility index (Phi) is 9.92. The first-order valence-electron chi connectivity index (χ1n) is 11.3. The molecule has 1 aliphatic rings. The predicted molar refractivity (Wildman–Crippen MR) is 135 cm³/mol. The summed E-state index contributed by atoms with van der Waals surface area (Å²) in [6.07, 6.45) is 10.9. The maximum atomic E-state index is 11.8. The van der Waals surface area contributed by atoms with Crippen molar-refractivity contribution in [2.75, 3.05) is 13.2 Å². The fourth-order valence-electron chi connectivity index (χ4n) is 3.23. The fraction of sp³-hybridized carbons (Fsp3) is 0.308. The molecule has 1 atom stereocenters. The molecule has 184 valence electrons. The number of aromatic nitrogens is 2. The lowest BCUT2D eigenvalue weighted by Crippen LogP contribution is -2.20. The summed E-state index contributed by atoms with van der Waals surface area (Å²) in [4.78, 5) is 31.2. The summed E-state index contributed by atoms with van der Waals surface area (Å²) in [6.45, 7) is 9.02. The molecule has 35 heavy (non-hydrogen) atoms. The SMILES string of the molecule is C=C(/C=C\C(OCCCOc1ccc(C2SC(=O)NC2=O)cc1)=C(/C)CCC)Oc1cnccn1. The van der Waals surface area contributed by atoms with Crippen LogP contribution in [0.25, 0.3) is 0 Å². The second-order valence-electron chi connectivity index (χ2n) is 7.73. The van der Waals surface area contributed by atoms with E-state index < -0.39 is 5.25 Å². The number of thioether (sulfide) groups is 1. The lowest BCUT2D eigenvalue weighted by molar-refractivity contribution is -0.119. The molecule has 1 unspecified atom stereocenters. The minimum absolute atomic E-state index is 0.286. The van der Waals surface area contributed by atoms with Crippen LogP contribution in [0.15, 0.2) is 78.7 Å². The number of carbonyl (C=O) groups is 2. The van der Waals surface area contributed by atoms with Crippen LogP contribution in [-0.4, -0.2) is 34.3 Å². The topological polar surface area (TPSA) is 99.6 Å². The molecule has 2 amide bonds. The van der Waals surface area contributed by atoms with Gasteiger partial charge >= 0.3 is 0 Å². The average molecular weight is 496 g/mol. The van der Waals surface area contributed by atoms with E-state index in [9.17, 15) is 9.59 Å². The standard InChI is InChI=1S/C26H29N3O5S/c1-4-6-18(2)22(12-7-19(3)34-23-17-27-13-14-28-23)33-16-5-15-32-21-10-8-20(9-11-21)24-25(30)29-26(31)35-24/h7-14,17,24H,3-6,15-16H2,1-2H3,(H,29,30,31)/b12-7-,22-18-. The highest BCUT2D eigenvalue weighted by molar-refractivity contribution is 8.15.